The third-order valence-corrected chi connectivity index (χ3v) is 12.6. The summed E-state index contributed by atoms with van der Waals surface area (Å²) in [5.41, 5.74) is 12.5. The molecule has 1 aliphatic rings. The molecular formula is C29H36N6O5Si. The van der Waals surface area contributed by atoms with Gasteiger partial charge in [-0.2, -0.15) is 9.97 Å². The molecule has 11 nitrogen and oxygen atoms in total. The van der Waals surface area contributed by atoms with Gasteiger partial charge in [0.25, 0.3) is 8.32 Å². The number of fused-ring (bicyclic) bond motifs is 1. The van der Waals surface area contributed by atoms with Gasteiger partial charge in [-0.25, -0.2) is 4.98 Å². The summed E-state index contributed by atoms with van der Waals surface area (Å²) in [4.78, 5) is 24.3. The van der Waals surface area contributed by atoms with Crippen molar-refractivity contribution in [2.24, 2.45) is 5.92 Å². The van der Waals surface area contributed by atoms with E-state index in [-0.39, 0.29) is 30.0 Å². The molecule has 4 aromatic rings. The number of hydrogen-bond acceptors (Lipinski definition) is 10. The van der Waals surface area contributed by atoms with Crippen molar-refractivity contribution in [2.45, 2.75) is 51.2 Å². The van der Waals surface area contributed by atoms with Crippen molar-refractivity contribution in [2.75, 3.05) is 24.7 Å². The number of rotatable bonds is 8. The molecule has 3 heterocycles. The van der Waals surface area contributed by atoms with Gasteiger partial charge in [0.2, 0.25) is 5.95 Å². The van der Waals surface area contributed by atoms with Crippen LogP contribution in [0.3, 0.4) is 0 Å². The number of carbonyl (C=O) groups is 1. The first-order valence-electron chi connectivity index (χ1n) is 13.5. The summed E-state index contributed by atoms with van der Waals surface area (Å²) in [6.45, 7) is 8.00. The summed E-state index contributed by atoms with van der Waals surface area (Å²) in [6.07, 6.45) is -1.11. The molecule has 1 fully saturated rings. The second-order valence-corrected chi connectivity index (χ2v) is 15.6. The van der Waals surface area contributed by atoms with Crippen LogP contribution in [0.5, 0.6) is 0 Å². The van der Waals surface area contributed by atoms with Crippen LogP contribution in [-0.4, -0.2) is 64.3 Å². The van der Waals surface area contributed by atoms with Gasteiger partial charge in [0.05, 0.1) is 31.6 Å². The minimum Gasteiger partial charge on any atom is -0.465 e. The van der Waals surface area contributed by atoms with E-state index in [0.717, 1.165) is 10.4 Å². The number of benzene rings is 2. The number of aliphatic hydroxyl groups excluding tert-OH is 1. The number of esters is 1. The highest BCUT2D eigenvalue weighted by atomic mass is 28.4. The quantitative estimate of drug-likeness (QED) is 0.209. The van der Waals surface area contributed by atoms with Crippen LogP contribution >= 0.6 is 0 Å². The maximum atomic E-state index is 11.8. The van der Waals surface area contributed by atoms with Crippen molar-refractivity contribution in [3.05, 3.63) is 67.0 Å². The number of carbonyl (C=O) groups excluding carboxylic acids is 1. The third kappa shape index (κ3) is 5.31. The molecule has 0 bridgehead atoms. The van der Waals surface area contributed by atoms with Crippen molar-refractivity contribution in [1.29, 1.82) is 0 Å². The number of nitrogens with zero attached hydrogens (tertiary/aromatic N) is 4. The number of aliphatic hydroxyl groups is 1. The zero-order valence-electron chi connectivity index (χ0n) is 23.6. The lowest BCUT2D eigenvalue weighted by Gasteiger charge is -2.43. The van der Waals surface area contributed by atoms with E-state index in [1.165, 1.54) is 13.3 Å². The summed E-state index contributed by atoms with van der Waals surface area (Å²) in [5.74, 6) is -0.932. The van der Waals surface area contributed by atoms with Crippen LogP contribution in [-0.2, 0) is 18.7 Å². The zero-order valence-corrected chi connectivity index (χ0v) is 24.6. The van der Waals surface area contributed by atoms with Crippen LogP contribution < -0.4 is 21.8 Å². The van der Waals surface area contributed by atoms with Gasteiger partial charge in [0, 0.05) is 6.92 Å². The van der Waals surface area contributed by atoms with Crippen LogP contribution in [0, 0.1) is 5.92 Å². The third-order valence-electron chi connectivity index (χ3n) is 7.62. The van der Waals surface area contributed by atoms with Crippen LogP contribution in [0.1, 0.15) is 33.9 Å². The molecule has 0 spiro atoms. The van der Waals surface area contributed by atoms with E-state index in [4.69, 9.17) is 25.4 Å². The van der Waals surface area contributed by atoms with Crippen molar-refractivity contribution >= 4 is 47.6 Å². The standard InChI is InChI=1S/C29H36N6O5Si/c1-18(36)38-15-21-22(40-27(24(21)37)35-17-32-23-25(30)33-28(31)34-26(23)35)16-39-41(29(2,3)4,19-11-7-5-8-12-19)20-13-9-6-10-14-20/h5-14,17,21-22,24,27,37H,15-16H2,1-4H3,(H4,30,31,33,34)/t21-,22-,24-,27-/m1/s1. The fraction of sp³-hybridized carbons (Fsp3) is 0.379. The van der Waals surface area contributed by atoms with E-state index in [1.807, 2.05) is 36.4 Å². The molecule has 2 aromatic heterocycles. The monoisotopic (exact) mass is 576 g/mol. The Balaban J connectivity index is 1.53. The van der Waals surface area contributed by atoms with Gasteiger partial charge in [-0.05, 0) is 15.4 Å². The van der Waals surface area contributed by atoms with E-state index in [1.54, 1.807) is 4.57 Å². The average Bonchev–Trinajstić information content (AvgIpc) is 3.48. The fourth-order valence-electron chi connectivity index (χ4n) is 5.72. The Morgan fingerprint density at radius 2 is 1.63 bits per heavy atom. The largest absolute Gasteiger partial charge is 0.465 e. The first kappa shape index (κ1) is 28.7. The number of nitrogens with two attached hydrogens (primary N) is 2. The van der Waals surface area contributed by atoms with Gasteiger partial charge >= 0.3 is 5.97 Å². The normalized spacial score (nSPS) is 21.3. The van der Waals surface area contributed by atoms with Crippen molar-refractivity contribution in [1.82, 2.24) is 19.5 Å². The van der Waals surface area contributed by atoms with Gasteiger partial charge in [-0.1, -0.05) is 81.4 Å². The Morgan fingerprint density at radius 3 is 2.20 bits per heavy atom. The Hall–Kier alpha value is -3.84. The highest BCUT2D eigenvalue weighted by Crippen LogP contribution is 2.40. The highest BCUT2D eigenvalue weighted by Gasteiger charge is 2.52. The van der Waals surface area contributed by atoms with Crippen molar-refractivity contribution in [3.8, 4) is 0 Å². The lowest BCUT2D eigenvalue weighted by Crippen LogP contribution is -2.67. The first-order valence-corrected chi connectivity index (χ1v) is 15.4. The molecule has 5 rings (SSSR count). The molecule has 0 radical (unpaired) electrons. The molecule has 5 N–H and O–H groups in total. The van der Waals surface area contributed by atoms with Gasteiger partial charge in [-0.15, -0.1) is 0 Å². The van der Waals surface area contributed by atoms with Gasteiger partial charge in [0.1, 0.15) is 11.6 Å². The lowest BCUT2D eigenvalue weighted by molar-refractivity contribution is -0.143. The Bertz CT molecular complexity index is 1470. The second-order valence-electron chi connectivity index (χ2n) is 11.3. The summed E-state index contributed by atoms with van der Waals surface area (Å²) < 4.78 is 20.5. The van der Waals surface area contributed by atoms with E-state index < -0.39 is 38.6 Å². The van der Waals surface area contributed by atoms with E-state index >= 15 is 0 Å². The molecule has 2 aromatic carbocycles. The smallest absolute Gasteiger partial charge is 0.302 e. The second kappa shape index (κ2) is 11.2. The summed E-state index contributed by atoms with van der Waals surface area (Å²) in [5, 5.41) is 13.5. The predicted molar refractivity (Wildman–Crippen MR) is 158 cm³/mol. The molecule has 0 saturated carbocycles. The number of nitrogen functional groups attached to an aromatic ring is 2. The maximum absolute atomic E-state index is 11.8. The minimum absolute atomic E-state index is 0.0210. The molecule has 0 unspecified atom stereocenters. The molecule has 0 amide bonds. The number of imidazole rings is 1. The number of ether oxygens (including phenoxy) is 2. The number of aromatic nitrogens is 4. The lowest BCUT2D eigenvalue weighted by atomic mass is 9.99. The topological polar surface area (TPSA) is 161 Å². The molecule has 41 heavy (non-hydrogen) atoms. The summed E-state index contributed by atoms with van der Waals surface area (Å²) >= 11 is 0. The van der Waals surface area contributed by atoms with E-state index in [9.17, 15) is 9.90 Å². The molecule has 216 valence electrons. The summed E-state index contributed by atoms with van der Waals surface area (Å²) in [6, 6.07) is 20.5. The summed E-state index contributed by atoms with van der Waals surface area (Å²) in [7, 11) is -2.90. The van der Waals surface area contributed by atoms with Gasteiger partial charge < -0.3 is 30.5 Å². The van der Waals surface area contributed by atoms with E-state index in [0.29, 0.717) is 11.2 Å². The van der Waals surface area contributed by atoms with E-state index in [2.05, 4.69) is 60.0 Å². The Morgan fingerprint density at radius 1 is 1.02 bits per heavy atom. The zero-order chi connectivity index (χ0) is 29.4. The Kier molecular flexibility index (Phi) is 7.84. The fourth-order valence-corrected chi connectivity index (χ4v) is 10.3. The maximum Gasteiger partial charge on any atom is 0.302 e. The molecule has 1 aliphatic heterocycles. The average molecular weight is 577 g/mol. The van der Waals surface area contributed by atoms with Crippen LogP contribution in [0.15, 0.2) is 67.0 Å². The molecule has 4 atom stereocenters. The highest BCUT2D eigenvalue weighted by molar-refractivity contribution is 6.99. The Labute approximate surface area is 239 Å². The number of anilines is 2. The van der Waals surface area contributed by atoms with Crippen molar-refractivity contribution < 1.29 is 23.8 Å². The van der Waals surface area contributed by atoms with Gasteiger partial charge in [-0.3, -0.25) is 9.36 Å². The van der Waals surface area contributed by atoms with Crippen molar-refractivity contribution in [3.63, 3.8) is 0 Å². The predicted octanol–water partition coefficient (Wildman–Crippen LogP) is 2.00. The molecule has 12 heteroatoms. The molecule has 0 aliphatic carbocycles. The van der Waals surface area contributed by atoms with Crippen LogP contribution in [0.25, 0.3) is 11.2 Å². The van der Waals surface area contributed by atoms with Crippen LogP contribution in [0.2, 0.25) is 5.04 Å². The number of hydrogen-bond donors (Lipinski definition) is 3. The molecule has 1 saturated heterocycles. The first-order chi connectivity index (χ1) is 19.5. The SMILES string of the molecule is CC(=O)OC[C@H]1[C@@H](O)[C@H](n2cnc3c(N)nc(N)nc32)O[C@@H]1CO[Si](c1ccccc1)(c1ccccc1)C(C)(C)C. The molecular weight excluding hydrogens is 540 g/mol. The van der Waals surface area contributed by atoms with Crippen LogP contribution in [0.4, 0.5) is 11.8 Å². The van der Waals surface area contributed by atoms with Gasteiger partial charge in [0.15, 0.2) is 17.7 Å². The minimum atomic E-state index is -2.90.